The second-order valence-electron chi connectivity index (χ2n) is 4.33. The molecule has 0 spiro atoms. The summed E-state index contributed by atoms with van der Waals surface area (Å²) in [6, 6.07) is 5.57. The number of aromatic nitrogens is 2. The van der Waals surface area contributed by atoms with Gasteiger partial charge in [0.25, 0.3) is 0 Å². The fraction of sp³-hybridized carbons (Fsp3) is 0.357. The summed E-state index contributed by atoms with van der Waals surface area (Å²) < 4.78 is 7.72. The lowest BCUT2D eigenvalue weighted by molar-refractivity contribution is 0.474. The van der Waals surface area contributed by atoms with Crippen LogP contribution in [0.4, 0.5) is 0 Å². The summed E-state index contributed by atoms with van der Waals surface area (Å²) >= 11 is 5.99. The highest BCUT2D eigenvalue weighted by Gasteiger charge is 2.07. The third-order valence-corrected chi connectivity index (χ3v) is 2.96. The molecule has 0 aliphatic carbocycles. The minimum absolute atomic E-state index is 0.561. The molecular formula is C14H18ClN3O. The van der Waals surface area contributed by atoms with Crippen molar-refractivity contribution in [1.82, 2.24) is 9.78 Å². The number of nitrogens with zero attached hydrogens (tertiary/aromatic N) is 2. The van der Waals surface area contributed by atoms with Crippen molar-refractivity contribution in [2.75, 3.05) is 6.54 Å². The van der Waals surface area contributed by atoms with Gasteiger partial charge in [0.1, 0.15) is 5.75 Å². The smallest absolute Gasteiger partial charge is 0.165 e. The van der Waals surface area contributed by atoms with Crippen LogP contribution in [0.25, 0.3) is 0 Å². The van der Waals surface area contributed by atoms with E-state index in [1.165, 1.54) is 0 Å². The third kappa shape index (κ3) is 3.72. The number of hydrogen-bond acceptors (Lipinski definition) is 3. The van der Waals surface area contributed by atoms with Crippen LogP contribution >= 0.6 is 11.6 Å². The Hall–Kier alpha value is -1.52. The largest absolute Gasteiger partial charge is 0.454 e. The third-order valence-electron chi connectivity index (χ3n) is 2.73. The van der Waals surface area contributed by atoms with Gasteiger partial charge in [-0.1, -0.05) is 18.5 Å². The molecule has 102 valence electrons. The Kier molecular flexibility index (Phi) is 4.82. The van der Waals surface area contributed by atoms with Crippen LogP contribution in [-0.4, -0.2) is 16.3 Å². The van der Waals surface area contributed by atoms with Gasteiger partial charge in [-0.3, -0.25) is 4.68 Å². The van der Waals surface area contributed by atoms with Gasteiger partial charge in [-0.05, 0) is 43.1 Å². The van der Waals surface area contributed by atoms with Gasteiger partial charge in [-0.2, -0.15) is 5.10 Å². The SMILES string of the molecule is CCCn1cc(Oc2ccc(Cl)cc2CCN)cn1. The predicted molar refractivity (Wildman–Crippen MR) is 76.8 cm³/mol. The van der Waals surface area contributed by atoms with Crippen molar-refractivity contribution in [1.29, 1.82) is 0 Å². The molecule has 0 saturated carbocycles. The van der Waals surface area contributed by atoms with Gasteiger partial charge >= 0.3 is 0 Å². The maximum absolute atomic E-state index is 5.99. The molecular weight excluding hydrogens is 262 g/mol. The first kappa shape index (κ1) is 13.9. The summed E-state index contributed by atoms with van der Waals surface area (Å²) in [6.07, 6.45) is 5.39. The van der Waals surface area contributed by atoms with Crippen LogP contribution in [0, 0.1) is 0 Å². The average molecular weight is 280 g/mol. The summed E-state index contributed by atoms with van der Waals surface area (Å²) in [6.45, 7) is 3.56. The molecule has 2 aromatic rings. The lowest BCUT2D eigenvalue weighted by Gasteiger charge is -2.09. The number of rotatable bonds is 6. The highest BCUT2D eigenvalue weighted by atomic mass is 35.5. The fourth-order valence-corrected chi connectivity index (χ4v) is 2.07. The normalized spacial score (nSPS) is 10.7. The van der Waals surface area contributed by atoms with E-state index in [-0.39, 0.29) is 0 Å². The van der Waals surface area contributed by atoms with Gasteiger partial charge in [-0.25, -0.2) is 0 Å². The molecule has 0 amide bonds. The Labute approximate surface area is 118 Å². The first-order valence-electron chi connectivity index (χ1n) is 6.41. The van der Waals surface area contributed by atoms with Gasteiger partial charge in [-0.15, -0.1) is 0 Å². The molecule has 1 aromatic carbocycles. The van der Waals surface area contributed by atoms with E-state index in [2.05, 4.69) is 12.0 Å². The van der Waals surface area contributed by atoms with E-state index < -0.39 is 0 Å². The van der Waals surface area contributed by atoms with E-state index in [1.807, 2.05) is 29.1 Å². The van der Waals surface area contributed by atoms with E-state index in [1.54, 1.807) is 6.20 Å². The first-order valence-corrected chi connectivity index (χ1v) is 6.79. The molecule has 0 atom stereocenters. The maximum Gasteiger partial charge on any atom is 0.165 e. The Bertz CT molecular complexity index is 539. The molecule has 19 heavy (non-hydrogen) atoms. The Morgan fingerprint density at radius 3 is 3.00 bits per heavy atom. The number of nitrogens with two attached hydrogens (primary N) is 1. The van der Waals surface area contributed by atoms with Crippen molar-refractivity contribution in [2.45, 2.75) is 26.3 Å². The van der Waals surface area contributed by atoms with Crippen LogP contribution in [0.3, 0.4) is 0 Å². The van der Waals surface area contributed by atoms with Crippen molar-refractivity contribution < 1.29 is 4.74 Å². The number of hydrogen-bond donors (Lipinski definition) is 1. The molecule has 4 nitrogen and oxygen atoms in total. The monoisotopic (exact) mass is 279 g/mol. The molecule has 0 bridgehead atoms. The van der Waals surface area contributed by atoms with E-state index in [9.17, 15) is 0 Å². The molecule has 1 aromatic heterocycles. The zero-order chi connectivity index (χ0) is 13.7. The quantitative estimate of drug-likeness (QED) is 0.883. The molecule has 5 heteroatoms. The summed E-state index contributed by atoms with van der Waals surface area (Å²) in [5.41, 5.74) is 6.61. The average Bonchev–Trinajstić information content (AvgIpc) is 2.81. The number of halogens is 1. The molecule has 0 saturated heterocycles. The van der Waals surface area contributed by atoms with Crippen molar-refractivity contribution in [3.8, 4) is 11.5 Å². The van der Waals surface area contributed by atoms with Crippen LogP contribution in [0.1, 0.15) is 18.9 Å². The summed E-state index contributed by atoms with van der Waals surface area (Å²) in [5, 5.41) is 4.93. The van der Waals surface area contributed by atoms with E-state index >= 15 is 0 Å². The lowest BCUT2D eigenvalue weighted by Crippen LogP contribution is -2.04. The minimum Gasteiger partial charge on any atom is -0.454 e. The molecule has 0 aliphatic rings. The van der Waals surface area contributed by atoms with Gasteiger partial charge in [0.2, 0.25) is 0 Å². The number of benzene rings is 1. The van der Waals surface area contributed by atoms with Crippen LogP contribution in [0.2, 0.25) is 5.02 Å². The van der Waals surface area contributed by atoms with Crippen LogP contribution in [-0.2, 0) is 13.0 Å². The van der Waals surface area contributed by atoms with Gasteiger partial charge in [0, 0.05) is 11.6 Å². The predicted octanol–water partition coefficient (Wildman–Crippen LogP) is 3.24. The van der Waals surface area contributed by atoms with Gasteiger partial charge in [0.15, 0.2) is 5.75 Å². The van der Waals surface area contributed by atoms with Gasteiger partial charge < -0.3 is 10.5 Å². The fourth-order valence-electron chi connectivity index (χ4n) is 1.87. The summed E-state index contributed by atoms with van der Waals surface area (Å²) in [7, 11) is 0. The van der Waals surface area contributed by atoms with E-state index in [0.29, 0.717) is 11.6 Å². The standard InChI is InChI=1S/C14H18ClN3O/c1-2-7-18-10-13(9-17-18)19-14-4-3-12(15)8-11(14)5-6-16/h3-4,8-10H,2,5-7,16H2,1H3. The molecule has 2 rings (SSSR count). The van der Waals surface area contributed by atoms with Gasteiger partial charge in [0.05, 0.1) is 12.4 Å². The Morgan fingerprint density at radius 1 is 1.42 bits per heavy atom. The number of ether oxygens (including phenoxy) is 1. The Morgan fingerprint density at radius 2 is 2.26 bits per heavy atom. The highest BCUT2D eigenvalue weighted by Crippen LogP contribution is 2.27. The number of aryl methyl sites for hydroxylation is 1. The summed E-state index contributed by atoms with van der Waals surface area (Å²) in [4.78, 5) is 0. The van der Waals surface area contributed by atoms with Crippen molar-refractivity contribution in [3.63, 3.8) is 0 Å². The second kappa shape index (κ2) is 6.59. The van der Waals surface area contributed by atoms with Crippen LogP contribution in [0.15, 0.2) is 30.6 Å². The van der Waals surface area contributed by atoms with E-state index in [0.717, 1.165) is 36.4 Å². The topological polar surface area (TPSA) is 53.1 Å². The first-order chi connectivity index (χ1) is 9.22. The molecule has 0 unspecified atom stereocenters. The maximum atomic E-state index is 5.99. The molecule has 2 N–H and O–H groups in total. The van der Waals surface area contributed by atoms with Crippen molar-refractivity contribution in [3.05, 3.63) is 41.2 Å². The highest BCUT2D eigenvalue weighted by molar-refractivity contribution is 6.30. The second-order valence-corrected chi connectivity index (χ2v) is 4.77. The van der Waals surface area contributed by atoms with Crippen molar-refractivity contribution >= 4 is 11.6 Å². The molecule has 0 aliphatic heterocycles. The zero-order valence-electron chi connectivity index (χ0n) is 11.0. The van der Waals surface area contributed by atoms with Crippen molar-refractivity contribution in [2.24, 2.45) is 5.73 Å². The molecule has 1 heterocycles. The Balaban J connectivity index is 2.16. The summed E-state index contributed by atoms with van der Waals surface area (Å²) in [5.74, 6) is 1.51. The zero-order valence-corrected chi connectivity index (χ0v) is 11.7. The molecule has 0 fully saturated rings. The lowest BCUT2D eigenvalue weighted by atomic mass is 10.1. The molecule has 0 radical (unpaired) electrons. The van der Waals surface area contributed by atoms with Crippen LogP contribution in [0.5, 0.6) is 11.5 Å². The van der Waals surface area contributed by atoms with Crippen LogP contribution < -0.4 is 10.5 Å². The minimum atomic E-state index is 0.561. The van der Waals surface area contributed by atoms with E-state index in [4.69, 9.17) is 22.1 Å².